The average molecular weight is 290 g/mol. The number of aromatic nitrogens is 3. The Bertz CT molecular complexity index is 760. The van der Waals surface area contributed by atoms with Gasteiger partial charge in [-0.05, 0) is 26.0 Å². The molecule has 0 amide bonds. The summed E-state index contributed by atoms with van der Waals surface area (Å²) < 4.78 is 15.4. The Labute approximate surface area is 120 Å². The molecule has 0 saturated carbocycles. The summed E-state index contributed by atoms with van der Waals surface area (Å²) >= 11 is 1.51. The summed E-state index contributed by atoms with van der Waals surface area (Å²) in [6, 6.07) is 4.88. The van der Waals surface area contributed by atoms with Crippen molar-refractivity contribution in [3.8, 4) is 11.5 Å². The van der Waals surface area contributed by atoms with Crippen LogP contribution < -0.4 is 5.73 Å². The van der Waals surface area contributed by atoms with E-state index in [4.69, 9.17) is 5.73 Å². The molecule has 0 radical (unpaired) electrons. The number of nitrogens with two attached hydrogens (primary N) is 1. The monoisotopic (exact) mass is 290 g/mol. The normalized spacial score (nSPS) is 11.7. The van der Waals surface area contributed by atoms with Crippen molar-refractivity contribution in [2.24, 2.45) is 5.73 Å². The Hall–Kier alpha value is -1.79. The van der Waals surface area contributed by atoms with E-state index >= 15 is 0 Å². The fourth-order valence-electron chi connectivity index (χ4n) is 2.28. The maximum atomic E-state index is 13.4. The van der Waals surface area contributed by atoms with E-state index < -0.39 is 0 Å². The first-order valence-corrected chi connectivity index (χ1v) is 7.30. The number of benzene rings is 1. The zero-order valence-corrected chi connectivity index (χ0v) is 12.1. The van der Waals surface area contributed by atoms with E-state index in [2.05, 4.69) is 28.4 Å². The molecule has 6 heteroatoms. The van der Waals surface area contributed by atoms with Crippen molar-refractivity contribution < 1.29 is 4.39 Å². The van der Waals surface area contributed by atoms with Gasteiger partial charge in [0.2, 0.25) is 0 Å². The molecule has 0 unspecified atom stereocenters. The van der Waals surface area contributed by atoms with Gasteiger partial charge < -0.3 is 10.3 Å². The van der Waals surface area contributed by atoms with Gasteiger partial charge >= 0.3 is 0 Å². The first-order valence-electron chi connectivity index (χ1n) is 6.42. The van der Waals surface area contributed by atoms with Gasteiger partial charge in [-0.15, -0.1) is 11.3 Å². The fourth-order valence-corrected chi connectivity index (χ4v) is 2.94. The van der Waals surface area contributed by atoms with Crippen LogP contribution in [0.1, 0.15) is 24.9 Å². The van der Waals surface area contributed by atoms with Gasteiger partial charge in [-0.25, -0.2) is 14.4 Å². The molecule has 4 nitrogen and oxygen atoms in total. The standard InChI is InChI=1S/C14H15FN4S/c1-8(2)19-12-4-3-9(15)5-10(12)18-14(19)11-7-20-13(6-16)17-11/h3-5,7-8H,6,16H2,1-2H3. The van der Waals surface area contributed by atoms with E-state index in [0.29, 0.717) is 12.1 Å². The lowest BCUT2D eigenvalue weighted by atomic mass is 10.3. The molecule has 0 atom stereocenters. The average Bonchev–Trinajstić information content (AvgIpc) is 3.01. The number of fused-ring (bicyclic) bond motifs is 1. The summed E-state index contributed by atoms with van der Waals surface area (Å²) in [6.45, 7) is 4.57. The van der Waals surface area contributed by atoms with Crippen LogP contribution in [-0.2, 0) is 6.54 Å². The van der Waals surface area contributed by atoms with Crippen molar-refractivity contribution in [1.82, 2.24) is 14.5 Å². The summed E-state index contributed by atoms with van der Waals surface area (Å²) in [7, 11) is 0. The number of hydrogen-bond acceptors (Lipinski definition) is 4. The summed E-state index contributed by atoms with van der Waals surface area (Å²) in [6.07, 6.45) is 0. The predicted molar refractivity (Wildman–Crippen MR) is 79.1 cm³/mol. The highest BCUT2D eigenvalue weighted by atomic mass is 32.1. The lowest BCUT2D eigenvalue weighted by Gasteiger charge is -2.11. The Morgan fingerprint density at radius 2 is 2.15 bits per heavy atom. The molecule has 2 heterocycles. The van der Waals surface area contributed by atoms with Crippen LogP contribution in [0.2, 0.25) is 0 Å². The molecular formula is C14H15FN4S. The minimum atomic E-state index is -0.279. The Morgan fingerprint density at radius 3 is 2.80 bits per heavy atom. The van der Waals surface area contributed by atoms with E-state index in [0.717, 1.165) is 22.0 Å². The van der Waals surface area contributed by atoms with Crippen LogP contribution in [-0.4, -0.2) is 14.5 Å². The van der Waals surface area contributed by atoms with E-state index in [-0.39, 0.29) is 11.9 Å². The minimum absolute atomic E-state index is 0.212. The van der Waals surface area contributed by atoms with E-state index in [1.54, 1.807) is 6.07 Å². The number of hydrogen-bond donors (Lipinski definition) is 1. The zero-order valence-electron chi connectivity index (χ0n) is 11.3. The van der Waals surface area contributed by atoms with E-state index in [1.165, 1.54) is 23.5 Å². The van der Waals surface area contributed by atoms with Gasteiger partial charge in [0, 0.05) is 24.0 Å². The van der Waals surface area contributed by atoms with Crippen molar-refractivity contribution >= 4 is 22.4 Å². The maximum Gasteiger partial charge on any atom is 0.160 e. The molecule has 3 rings (SSSR count). The lowest BCUT2D eigenvalue weighted by molar-refractivity contribution is 0.620. The van der Waals surface area contributed by atoms with Crippen molar-refractivity contribution in [2.45, 2.75) is 26.4 Å². The number of nitrogens with zero attached hydrogens (tertiary/aromatic N) is 3. The highest BCUT2D eigenvalue weighted by Gasteiger charge is 2.17. The van der Waals surface area contributed by atoms with Gasteiger partial charge in [-0.1, -0.05) is 0 Å². The summed E-state index contributed by atoms with van der Waals surface area (Å²) in [4.78, 5) is 9.02. The third kappa shape index (κ3) is 2.10. The summed E-state index contributed by atoms with van der Waals surface area (Å²) in [5.41, 5.74) is 7.96. The molecule has 0 fully saturated rings. The van der Waals surface area contributed by atoms with Crippen molar-refractivity contribution in [2.75, 3.05) is 0 Å². The van der Waals surface area contributed by atoms with Crippen LogP contribution in [0.4, 0.5) is 4.39 Å². The molecule has 1 aromatic carbocycles. The number of halogens is 1. The zero-order chi connectivity index (χ0) is 14.3. The first-order chi connectivity index (χ1) is 9.60. The van der Waals surface area contributed by atoms with Gasteiger partial charge in [-0.3, -0.25) is 0 Å². The molecule has 0 aliphatic heterocycles. The second-order valence-electron chi connectivity index (χ2n) is 4.86. The van der Waals surface area contributed by atoms with Gasteiger partial charge in [0.25, 0.3) is 0 Å². The third-order valence-electron chi connectivity index (χ3n) is 3.12. The molecule has 104 valence electrons. The smallest absolute Gasteiger partial charge is 0.160 e. The van der Waals surface area contributed by atoms with Crippen LogP contribution in [0.15, 0.2) is 23.6 Å². The van der Waals surface area contributed by atoms with Crippen LogP contribution >= 0.6 is 11.3 Å². The Balaban J connectivity index is 2.25. The van der Waals surface area contributed by atoms with Gasteiger partial charge in [0.1, 0.15) is 16.5 Å². The van der Waals surface area contributed by atoms with Crippen molar-refractivity contribution in [3.63, 3.8) is 0 Å². The molecule has 2 N–H and O–H groups in total. The number of imidazole rings is 1. The highest BCUT2D eigenvalue weighted by Crippen LogP contribution is 2.29. The Kier molecular flexibility index (Phi) is 3.27. The number of thiazole rings is 1. The van der Waals surface area contributed by atoms with Crippen molar-refractivity contribution in [1.29, 1.82) is 0 Å². The van der Waals surface area contributed by atoms with Crippen LogP contribution in [0, 0.1) is 5.82 Å². The van der Waals surface area contributed by atoms with Gasteiger partial charge in [-0.2, -0.15) is 0 Å². The fraction of sp³-hybridized carbons (Fsp3) is 0.286. The van der Waals surface area contributed by atoms with E-state index in [9.17, 15) is 4.39 Å². The van der Waals surface area contributed by atoms with Gasteiger partial charge in [0.05, 0.1) is 11.0 Å². The number of rotatable bonds is 3. The second kappa shape index (κ2) is 4.96. The molecule has 0 bridgehead atoms. The topological polar surface area (TPSA) is 56.7 Å². The molecule has 2 aromatic heterocycles. The predicted octanol–water partition coefficient (Wildman–Crippen LogP) is 3.34. The van der Waals surface area contributed by atoms with Crippen LogP contribution in [0.25, 0.3) is 22.6 Å². The van der Waals surface area contributed by atoms with Crippen LogP contribution in [0.3, 0.4) is 0 Å². The molecule has 20 heavy (non-hydrogen) atoms. The minimum Gasteiger partial charge on any atom is -0.325 e. The molecule has 0 aliphatic rings. The van der Waals surface area contributed by atoms with Gasteiger partial charge in [0.15, 0.2) is 5.82 Å². The Morgan fingerprint density at radius 1 is 1.35 bits per heavy atom. The molecule has 0 aliphatic carbocycles. The summed E-state index contributed by atoms with van der Waals surface area (Å²) in [5.74, 6) is 0.481. The lowest BCUT2D eigenvalue weighted by Crippen LogP contribution is -2.03. The highest BCUT2D eigenvalue weighted by molar-refractivity contribution is 7.09. The van der Waals surface area contributed by atoms with Crippen LogP contribution in [0.5, 0.6) is 0 Å². The van der Waals surface area contributed by atoms with E-state index in [1.807, 2.05) is 5.38 Å². The molecular weight excluding hydrogens is 275 g/mol. The third-order valence-corrected chi connectivity index (χ3v) is 3.99. The largest absolute Gasteiger partial charge is 0.325 e. The second-order valence-corrected chi connectivity index (χ2v) is 5.81. The molecule has 3 aromatic rings. The summed E-state index contributed by atoms with van der Waals surface area (Å²) in [5, 5.41) is 2.81. The molecule has 0 spiro atoms. The first kappa shape index (κ1) is 13.2. The molecule has 0 saturated heterocycles. The maximum absolute atomic E-state index is 13.4. The van der Waals surface area contributed by atoms with Crippen molar-refractivity contribution in [3.05, 3.63) is 34.4 Å². The quantitative estimate of drug-likeness (QED) is 0.805. The SMILES string of the molecule is CC(C)n1c(-c2csc(CN)n2)nc2cc(F)ccc21.